The second-order valence-corrected chi connectivity index (χ2v) is 6.00. The third kappa shape index (κ3) is 3.49. The molecule has 0 aromatic heterocycles. The first-order valence-electron chi connectivity index (χ1n) is 6.99. The highest BCUT2D eigenvalue weighted by atomic mass is 79.9. The van der Waals surface area contributed by atoms with Gasteiger partial charge in [-0.2, -0.15) is 17.6 Å². The molecule has 1 N–H and O–H groups in total. The molecule has 2 aromatic rings. The van der Waals surface area contributed by atoms with E-state index in [2.05, 4.69) is 26.0 Å². The highest BCUT2D eigenvalue weighted by Crippen LogP contribution is 2.40. The smallest absolute Gasteiger partial charge is 0.387 e. The molecule has 1 atom stereocenters. The van der Waals surface area contributed by atoms with Crippen LogP contribution in [0.5, 0.6) is 5.75 Å². The zero-order valence-corrected chi connectivity index (χ0v) is 13.7. The van der Waals surface area contributed by atoms with Crippen LogP contribution in [0.15, 0.2) is 46.9 Å². The van der Waals surface area contributed by atoms with Crippen molar-refractivity contribution in [3.63, 3.8) is 0 Å². The molecule has 1 aliphatic rings. The molecule has 2 aromatic carbocycles. The fraction of sp³-hybridized carbons (Fsp3) is 0.250. The first-order chi connectivity index (χ1) is 11.4. The number of halogens is 5. The van der Waals surface area contributed by atoms with Gasteiger partial charge in [-0.05, 0) is 39.7 Å². The van der Waals surface area contributed by atoms with Crippen LogP contribution in [0.4, 0.5) is 23.2 Å². The maximum atomic E-state index is 13.7. The van der Waals surface area contributed by atoms with E-state index in [1.165, 1.54) is 6.07 Å². The molecule has 0 aliphatic carbocycles. The van der Waals surface area contributed by atoms with Gasteiger partial charge in [-0.3, -0.25) is 4.74 Å². The van der Waals surface area contributed by atoms with E-state index in [9.17, 15) is 17.6 Å². The predicted octanol–water partition coefficient (Wildman–Crippen LogP) is 5.28. The van der Waals surface area contributed by atoms with Gasteiger partial charge in [-0.15, -0.1) is 0 Å². The summed E-state index contributed by atoms with van der Waals surface area (Å²) in [5.41, 5.74) is 0.555. The summed E-state index contributed by atoms with van der Waals surface area (Å²) in [5.74, 6) is 0.635. The molecule has 24 heavy (non-hydrogen) atoms. The standard InChI is InChI=1S/C16H12BrF4NO2/c17-11-5-2-6-12-14(11)23-8-13(22-12)9-3-1-4-10(7-9)16(20,21)24-15(18)19/h1-7,13,15,22H,8H2. The van der Waals surface area contributed by atoms with Gasteiger partial charge in [-0.25, -0.2) is 0 Å². The Kier molecular flexibility index (Phi) is 4.69. The number of alkyl halides is 4. The quantitative estimate of drug-likeness (QED) is 0.701. The molecule has 1 aliphatic heterocycles. The molecule has 8 heteroatoms. The second-order valence-electron chi connectivity index (χ2n) is 5.15. The topological polar surface area (TPSA) is 30.5 Å². The molecule has 0 spiro atoms. The number of para-hydroxylation sites is 1. The van der Waals surface area contributed by atoms with Gasteiger partial charge in [0.2, 0.25) is 0 Å². The Morgan fingerprint density at radius 2 is 1.96 bits per heavy atom. The van der Waals surface area contributed by atoms with E-state index in [0.29, 0.717) is 17.0 Å². The van der Waals surface area contributed by atoms with Crippen molar-refractivity contribution in [2.24, 2.45) is 0 Å². The lowest BCUT2D eigenvalue weighted by Crippen LogP contribution is -2.25. The number of hydrogen-bond donors (Lipinski definition) is 1. The van der Waals surface area contributed by atoms with Gasteiger partial charge >= 0.3 is 12.7 Å². The molecule has 0 bridgehead atoms. The van der Waals surface area contributed by atoms with E-state index < -0.39 is 24.3 Å². The van der Waals surface area contributed by atoms with Gasteiger partial charge < -0.3 is 10.1 Å². The molecular formula is C16H12BrF4NO2. The first-order valence-corrected chi connectivity index (χ1v) is 7.78. The van der Waals surface area contributed by atoms with E-state index in [1.807, 2.05) is 12.1 Å². The average molecular weight is 406 g/mol. The van der Waals surface area contributed by atoms with Gasteiger partial charge in [-0.1, -0.05) is 24.3 Å². The Morgan fingerprint density at radius 3 is 2.71 bits per heavy atom. The van der Waals surface area contributed by atoms with Gasteiger partial charge in [0.1, 0.15) is 6.61 Å². The maximum Gasteiger partial charge on any atom is 0.387 e. The van der Waals surface area contributed by atoms with Crippen molar-refractivity contribution in [1.82, 2.24) is 0 Å². The molecule has 0 radical (unpaired) electrons. The molecule has 3 rings (SSSR count). The minimum Gasteiger partial charge on any atom is -0.488 e. The lowest BCUT2D eigenvalue weighted by atomic mass is 10.0. The van der Waals surface area contributed by atoms with E-state index in [-0.39, 0.29) is 6.61 Å². The number of fused-ring (bicyclic) bond motifs is 1. The minimum absolute atomic E-state index is 0.209. The van der Waals surface area contributed by atoms with Crippen molar-refractivity contribution in [2.75, 3.05) is 11.9 Å². The SMILES string of the molecule is FC(F)OC(F)(F)c1cccc(C2COc3c(Br)cccc3N2)c1. The zero-order chi connectivity index (χ0) is 17.3. The Balaban J connectivity index is 1.85. The summed E-state index contributed by atoms with van der Waals surface area (Å²) in [6.45, 7) is -3.36. The van der Waals surface area contributed by atoms with E-state index in [1.54, 1.807) is 12.1 Å². The number of nitrogens with one attached hydrogen (secondary N) is 1. The third-order valence-electron chi connectivity index (χ3n) is 3.55. The van der Waals surface area contributed by atoms with Crippen molar-refractivity contribution >= 4 is 21.6 Å². The number of rotatable bonds is 4. The summed E-state index contributed by atoms with van der Waals surface area (Å²) in [7, 11) is 0. The van der Waals surface area contributed by atoms with Crippen LogP contribution in [-0.2, 0) is 10.8 Å². The molecule has 0 amide bonds. The Hall–Kier alpha value is -1.80. The first kappa shape index (κ1) is 17.0. The third-order valence-corrected chi connectivity index (χ3v) is 4.18. The van der Waals surface area contributed by atoms with Gasteiger partial charge in [0, 0.05) is 0 Å². The summed E-state index contributed by atoms with van der Waals surface area (Å²) >= 11 is 3.37. The average Bonchev–Trinajstić information content (AvgIpc) is 2.54. The van der Waals surface area contributed by atoms with Crippen LogP contribution in [0.3, 0.4) is 0 Å². The number of anilines is 1. The van der Waals surface area contributed by atoms with E-state index >= 15 is 0 Å². The Bertz CT molecular complexity index is 742. The largest absolute Gasteiger partial charge is 0.488 e. The van der Waals surface area contributed by atoms with Crippen LogP contribution in [0.1, 0.15) is 17.2 Å². The van der Waals surface area contributed by atoms with Crippen LogP contribution in [0.25, 0.3) is 0 Å². The summed E-state index contributed by atoms with van der Waals surface area (Å²) in [6, 6.07) is 10.2. The van der Waals surface area contributed by atoms with Crippen molar-refractivity contribution in [2.45, 2.75) is 18.8 Å². The number of benzene rings is 2. The molecule has 1 unspecified atom stereocenters. The minimum atomic E-state index is -4.07. The van der Waals surface area contributed by atoms with Crippen LogP contribution >= 0.6 is 15.9 Å². The monoisotopic (exact) mass is 405 g/mol. The van der Waals surface area contributed by atoms with Crippen LogP contribution in [0, 0.1) is 0 Å². The molecule has 0 fully saturated rings. The number of ether oxygens (including phenoxy) is 2. The zero-order valence-electron chi connectivity index (χ0n) is 12.1. The Labute approximate surface area is 143 Å². The lowest BCUT2D eigenvalue weighted by Gasteiger charge is -2.29. The summed E-state index contributed by atoms with van der Waals surface area (Å²) in [6.07, 6.45) is -4.07. The molecule has 3 nitrogen and oxygen atoms in total. The van der Waals surface area contributed by atoms with Crippen molar-refractivity contribution < 1.29 is 27.0 Å². The maximum absolute atomic E-state index is 13.7. The van der Waals surface area contributed by atoms with Crippen LogP contribution < -0.4 is 10.1 Å². The normalized spacial score (nSPS) is 17.2. The predicted molar refractivity (Wildman–Crippen MR) is 83.4 cm³/mol. The summed E-state index contributed by atoms with van der Waals surface area (Å²) in [4.78, 5) is 0. The van der Waals surface area contributed by atoms with E-state index in [4.69, 9.17) is 4.74 Å². The fourth-order valence-corrected chi connectivity index (χ4v) is 2.94. The van der Waals surface area contributed by atoms with Gasteiger partial charge in [0.25, 0.3) is 0 Å². The fourth-order valence-electron chi connectivity index (χ4n) is 2.46. The van der Waals surface area contributed by atoms with Crippen LogP contribution in [0.2, 0.25) is 0 Å². The van der Waals surface area contributed by atoms with Gasteiger partial charge in [0.05, 0.1) is 21.8 Å². The molecule has 0 saturated heterocycles. The van der Waals surface area contributed by atoms with Crippen molar-refractivity contribution in [3.05, 3.63) is 58.1 Å². The lowest BCUT2D eigenvalue weighted by molar-refractivity contribution is -0.328. The highest BCUT2D eigenvalue weighted by molar-refractivity contribution is 9.10. The molecular weight excluding hydrogens is 394 g/mol. The van der Waals surface area contributed by atoms with Crippen molar-refractivity contribution in [3.8, 4) is 5.75 Å². The highest BCUT2D eigenvalue weighted by Gasteiger charge is 2.37. The Morgan fingerprint density at radius 1 is 1.21 bits per heavy atom. The summed E-state index contributed by atoms with van der Waals surface area (Å²) in [5, 5.41) is 3.18. The number of hydrogen-bond acceptors (Lipinski definition) is 3. The van der Waals surface area contributed by atoms with Crippen molar-refractivity contribution in [1.29, 1.82) is 0 Å². The van der Waals surface area contributed by atoms with E-state index in [0.717, 1.165) is 16.6 Å². The molecule has 1 heterocycles. The van der Waals surface area contributed by atoms with Gasteiger partial charge in [0.15, 0.2) is 5.75 Å². The molecule has 0 saturated carbocycles. The van der Waals surface area contributed by atoms with Crippen LogP contribution in [-0.4, -0.2) is 13.2 Å². The summed E-state index contributed by atoms with van der Waals surface area (Å²) < 4.78 is 61.5. The molecule has 128 valence electrons. The second kappa shape index (κ2) is 6.60.